The number of carbonyl (C=O) groups is 11. The van der Waals surface area contributed by atoms with E-state index in [1.807, 2.05) is 13.8 Å². The van der Waals surface area contributed by atoms with Gasteiger partial charge in [0.25, 0.3) is 0 Å². The number of rotatable bonds is 22. The second-order valence-corrected chi connectivity index (χ2v) is 24.8. The highest BCUT2D eigenvalue weighted by atomic mass is 33.1. The highest BCUT2D eigenvalue weighted by Crippen LogP contribution is 2.26. The Kier molecular flexibility index (Phi) is 28.9. The number of carboxylic acid groups (broad SMARTS) is 2. The lowest BCUT2D eigenvalue weighted by molar-refractivity contribution is -0.141. The summed E-state index contributed by atoms with van der Waals surface area (Å²) in [5, 5.41) is 96.9. The van der Waals surface area contributed by atoms with Crippen LogP contribution in [-0.4, -0.2) is 209 Å². The standard InChI is InChI=1S/C55H82N12O18S2/c1-26(2)17-33(56)55(85)67-16-6-7-41(67)53(83)64-39-24-86-87-25-40(52(82)60-35(18-27(3)4)48(78)59-34(46(57)76)21-43(72)73)65-54(84)45(28(5)68)66-42(71)23-58-47(77)36(19-29-8-12-31(69)13-9-29)61-49(79)37(20-30-10-14-32(70)15-11-30)62-50(80)38(22-44(74)75)63-51(39)81/h8-15,26-28,33-41,45,51-52,60,63,68-70,81-82H,6-7,16-25,56H2,1-5H3,(H2,57,76)(H,58,77)(H,59,78)(H,61,79)(H,62,80)(H,64,83)(H,65,84)(H,66,71)(H,72,73)(H,74,75)/t28?,33-,34-,35-,36-,37-,38-,39-,40-,41-,45-,51+,52+/m0/s1. The number of hydrogen-bond acceptors (Lipinski definition) is 21. The SMILES string of the molecule is CC(C)C[C@H](N[C@H](O)[C@@H]1CSSC[C@H](NC(=O)[C@@H]2CCCN2C(=O)[C@@H](N)CC(C)C)[C@@H](O)N[C@@H](CC(=O)O)C(=O)N[C@@H](Cc2ccc(O)cc2)C(=O)N[C@@H](Cc2ccc(O)cc2)C(=O)NCC(=O)N[C@@H](C(C)O)C(=O)N1)C(=O)N[C@@H](CC(=O)O)C(N)=O. The van der Waals surface area contributed by atoms with Crippen LogP contribution >= 0.6 is 21.6 Å². The van der Waals surface area contributed by atoms with Gasteiger partial charge in [-0.15, -0.1) is 0 Å². The molecule has 0 spiro atoms. The molecule has 2 fully saturated rings. The summed E-state index contributed by atoms with van der Waals surface area (Å²) >= 11 is 0. The van der Waals surface area contributed by atoms with Gasteiger partial charge < -0.3 is 89.3 Å². The molecule has 20 N–H and O–H groups in total. The van der Waals surface area contributed by atoms with Crippen molar-refractivity contribution in [3.63, 3.8) is 0 Å². The number of nitrogens with zero attached hydrogens (tertiary/aromatic N) is 1. The quantitative estimate of drug-likeness (QED) is 0.0396. The summed E-state index contributed by atoms with van der Waals surface area (Å²) in [6, 6.07) is -4.14. The molecular formula is C55H82N12O18S2. The van der Waals surface area contributed by atoms with Crippen LogP contribution in [0.4, 0.5) is 0 Å². The van der Waals surface area contributed by atoms with E-state index < -0.39 is 163 Å². The van der Waals surface area contributed by atoms with Gasteiger partial charge in [0.05, 0.1) is 55.7 Å². The molecule has 4 rings (SSSR count). The molecule has 482 valence electrons. The Morgan fingerprint density at radius 3 is 1.79 bits per heavy atom. The predicted octanol–water partition coefficient (Wildman–Crippen LogP) is -3.92. The average Bonchev–Trinajstić information content (AvgIpc) is 3.26. The number of hydrogen-bond donors (Lipinski definition) is 18. The smallest absolute Gasteiger partial charge is 0.305 e. The normalized spacial score (nSPS) is 24.2. The summed E-state index contributed by atoms with van der Waals surface area (Å²) in [5.74, 6) is -13.1. The Bertz CT molecular complexity index is 2710. The monoisotopic (exact) mass is 1260 g/mol. The third-order valence-corrected chi connectivity index (χ3v) is 16.4. The number of phenolic OH excluding ortho intramolecular Hbond substituents is 2. The van der Waals surface area contributed by atoms with Crippen LogP contribution < -0.4 is 59.3 Å². The van der Waals surface area contributed by atoms with Crippen molar-refractivity contribution in [3.8, 4) is 11.5 Å². The molecule has 1 unspecified atom stereocenters. The summed E-state index contributed by atoms with van der Waals surface area (Å²) in [6.45, 7) is 7.57. The molecule has 9 amide bonds. The van der Waals surface area contributed by atoms with Crippen molar-refractivity contribution in [2.24, 2.45) is 23.3 Å². The molecule has 87 heavy (non-hydrogen) atoms. The summed E-state index contributed by atoms with van der Waals surface area (Å²) < 4.78 is 0. The zero-order chi connectivity index (χ0) is 64.8. The van der Waals surface area contributed by atoms with Gasteiger partial charge in [0.1, 0.15) is 54.2 Å². The molecular weight excluding hydrogens is 1180 g/mol. The summed E-state index contributed by atoms with van der Waals surface area (Å²) in [4.78, 5) is 150. The zero-order valence-electron chi connectivity index (χ0n) is 48.8. The van der Waals surface area contributed by atoms with Gasteiger partial charge in [-0.25, -0.2) is 0 Å². The van der Waals surface area contributed by atoms with Crippen LogP contribution in [0.2, 0.25) is 0 Å². The minimum absolute atomic E-state index is 0.0236. The number of nitrogens with one attached hydrogen (secondary N) is 9. The molecule has 0 radical (unpaired) electrons. The summed E-state index contributed by atoms with van der Waals surface area (Å²) in [5.41, 5.74) is 12.4. The summed E-state index contributed by atoms with van der Waals surface area (Å²) in [6.07, 6.45) is -7.37. The van der Waals surface area contributed by atoms with Gasteiger partial charge >= 0.3 is 11.9 Å². The summed E-state index contributed by atoms with van der Waals surface area (Å²) in [7, 11) is 1.78. The molecule has 0 saturated carbocycles. The second-order valence-electron chi connectivity index (χ2n) is 22.2. The van der Waals surface area contributed by atoms with Crippen LogP contribution in [-0.2, 0) is 65.6 Å². The number of amides is 9. The van der Waals surface area contributed by atoms with Gasteiger partial charge in [-0.05, 0) is 79.8 Å². The number of benzene rings is 2. The number of aliphatic hydroxyl groups excluding tert-OH is 3. The zero-order valence-corrected chi connectivity index (χ0v) is 50.4. The Labute approximate surface area is 510 Å². The van der Waals surface area contributed by atoms with E-state index in [9.17, 15) is 88.5 Å². The Balaban J connectivity index is 1.84. The number of carbonyl (C=O) groups excluding carboxylic acids is 9. The van der Waals surface area contributed by atoms with Crippen molar-refractivity contribution >= 4 is 86.7 Å². The van der Waals surface area contributed by atoms with Crippen LogP contribution in [0.5, 0.6) is 11.5 Å². The molecule has 2 aromatic rings. The van der Waals surface area contributed by atoms with Crippen molar-refractivity contribution in [2.75, 3.05) is 24.6 Å². The first-order valence-electron chi connectivity index (χ1n) is 28.2. The molecule has 2 heterocycles. The number of aliphatic carboxylic acids is 2. The number of aromatic hydroxyl groups is 2. The molecule has 13 atom stereocenters. The van der Waals surface area contributed by atoms with Crippen LogP contribution in [0.1, 0.15) is 84.3 Å². The highest BCUT2D eigenvalue weighted by molar-refractivity contribution is 8.76. The van der Waals surface area contributed by atoms with E-state index in [0.29, 0.717) is 24.0 Å². The number of nitrogens with two attached hydrogens (primary N) is 2. The topological polar surface area (TPSA) is 493 Å². The van der Waals surface area contributed by atoms with Gasteiger partial charge in [0.2, 0.25) is 53.2 Å². The van der Waals surface area contributed by atoms with Crippen LogP contribution in [0.15, 0.2) is 48.5 Å². The molecule has 2 saturated heterocycles. The van der Waals surface area contributed by atoms with E-state index in [2.05, 4.69) is 47.9 Å². The van der Waals surface area contributed by atoms with Gasteiger partial charge in [0.15, 0.2) is 0 Å². The third-order valence-electron chi connectivity index (χ3n) is 13.9. The molecule has 2 aliphatic rings. The van der Waals surface area contributed by atoms with Crippen molar-refractivity contribution in [1.29, 1.82) is 0 Å². The van der Waals surface area contributed by atoms with E-state index in [4.69, 9.17) is 11.5 Å². The maximum Gasteiger partial charge on any atom is 0.305 e. The Morgan fingerprint density at radius 1 is 0.713 bits per heavy atom. The Morgan fingerprint density at radius 2 is 1.26 bits per heavy atom. The van der Waals surface area contributed by atoms with E-state index >= 15 is 0 Å². The fourth-order valence-corrected chi connectivity index (χ4v) is 11.9. The van der Waals surface area contributed by atoms with Crippen molar-refractivity contribution in [3.05, 3.63) is 59.7 Å². The number of primary amides is 1. The maximum atomic E-state index is 14.5. The fraction of sp³-hybridized carbons (Fsp3) is 0.582. The molecule has 0 bridgehead atoms. The largest absolute Gasteiger partial charge is 0.508 e. The number of phenols is 2. The first-order chi connectivity index (χ1) is 40.9. The van der Waals surface area contributed by atoms with Crippen molar-refractivity contribution < 1.29 is 88.5 Å². The molecule has 0 aromatic heterocycles. The maximum absolute atomic E-state index is 14.5. The highest BCUT2D eigenvalue weighted by Gasteiger charge is 2.40. The molecule has 0 aliphatic carbocycles. The lowest BCUT2D eigenvalue weighted by Crippen LogP contribution is -2.62. The van der Waals surface area contributed by atoms with Gasteiger partial charge in [-0.1, -0.05) is 73.5 Å². The first kappa shape index (κ1) is 72.1. The molecule has 30 nitrogen and oxygen atoms in total. The fourth-order valence-electron chi connectivity index (χ4n) is 9.40. The van der Waals surface area contributed by atoms with Crippen LogP contribution in [0, 0.1) is 11.8 Å². The first-order valence-corrected chi connectivity index (χ1v) is 30.7. The van der Waals surface area contributed by atoms with Crippen LogP contribution in [0.3, 0.4) is 0 Å². The van der Waals surface area contributed by atoms with Crippen molar-refractivity contribution in [2.45, 2.75) is 165 Å². The number of aliphatic hydroxyl groups is 3. The average molecular weight is 1260 g/mol. The predicted molar refractivity (Wildman–Crippen MR) is 316 cm³/mol. The van der Waals surface area contributed by atoms with Gasteiger partial charge in [0, 0.05) is 30.9 Å². The van der Waals surface area contributed by atoms with E-state index in [0.717, 1.165) is 28.5 Å². The van der Waals surface area contributed by atoms with Gasteiger partial charge in [-0.2, -0.15) is 0 Å². The lowest BCUT2D eigenvalue weighted by atomic mass is 10.0. The second kappa shape index (κ2) is 34.9. The molecule has 2 aromatic carbocycles. The minimum Gasteiger partial charge on any atom is -0.508 e. The number of carboxylic acids is 2. The van der Waals surface area contributed by atoms with Crippen molar-refractivity contribution in [1.82, 2.24) is 52.8 Å². The lowest BCUT2D eigenvalue weighted by Gasteiger charge is -2.32. The van der Waals surface area contributed by atoms with E-state index in [-0.39, 0.29) is 67.1 Å². The third kappa shape index (κ3) is 24.0. The van der Waals surface area contributed by atoms with E-state index in [1.54, 1.807) is 13.8 Å². The molecule has 32 heteroatoms. The van der Waals surface area contributed by atoms with Crippen LogP contribution in [0.25, 0.3) is 0 Å². The van der Waals surface area contributed by atoms with E-state index in [1.165, 1.54) is 53.4 Å². The minimum atomic E-state index is -2.02. The van der Waals surface area contributed by atoms with Gasteiger partial charge in [-0.3, -0.25) is 63.4 Å². The molecule has 2 aliphatic heterocycles. The number of likely N-dealkylation sites (tertiary alicyclic amines) is 1. The Hall–Kier alpha value is -7.33.